The van der Waals surface area contributed by atoms with Gasteiger partial charge in [-0.25, -0.2) is 4.98 Å². The molecule has 1 atom stereocenters. The molecule has 5 heteroatoms. The van der Waals surface area contributed by atoms with Gasteiger partial charge in [0.15, 0.2) is 0 Å². The van der Waals surface area contributed by atoms with Crippen molar-refractivity contribution >= 4 is 8.07 Å². The minimum atomic E-state index is -1.02. The van der Waals surface area contributed by atoms with Crippen LogP contribution in [0.3, 0.4) is 0 Å². The van der Waals surface area contributed by atoms with Gasteiger partial charge < -0.3 is 15.0 Å². The quantitative estimate of drug-likeness (QED) is 0.447. The molecule has 0 aliphatic rings. The van der Waals surface area contributed by atoms with E-state index >= 15 is 0 Å². The third kappa shape index (κ3) is 5.16. The van der Waals surface area contributed by atoms with Gasteiger partial charge >= 0.3 is 0 Å². The molecule has 0 aliphatic heterocycles. The van der Waals surface area contributed by atoms with Crippen molar-refractivity contribution in [1.82, 2.24) is 9.55 Å². The third-order valence-corrected chi connectivity index (χ3v) is 4.43. The van der Waals surface area contributed by atoms with Crippen molar-refractivity contribution in [2.24, 2.45) is 5.73 Å². The van der Waals surface area contributed by atoms with Gasteiger partial charge in [-0.15, -0.1) is 6.58 Å². The van der Waals surface area contributed by atoms with E-state index in [4.69, 9.17) is 10.5 Å². The summed E-state index contributed by atoms with van der Waals surface area (Å²) in [5.41, 5.74) is 6.02. The molecular weight excluding hydrogens is 242 g/mol. The van der Waals surface area contributed by atoms with Gasteiger partial charge in [-0.2, -0.15) is 0 Å². The molecule has 102 valence electrons. The van der Waals surface area contributed by atoms with Crippen LogP contribution < -0.4 is 5.73 Å². The van der Waals surface area contributed by atoms with Crippen LogP contribution in [0.25, 0.3) is 0 Å². The second kappa shape index (κ2) is 6.87. The minimum absolute atomic E-state index is 0.0990. The highest BCUT2D eigenvalue weighted by molar-refractivity contribution is 6.76. The van der Waals surface area contributed by atoms with E-state index in [0.29, 0.717) is 6.73 Å². The summed E-state index contributed by atoms with van der Waals surface area (Å²) in [6, 6.07) is 1.08. The summed E-state index contributed by atoms with van der Waals surface area (Å²) >= 11 is 0. The van der Waals surface area contributed by atoms with E-state index in [1.807, 2.05) is 16.8 Å². The Bertz CT molecular complexity index is 371. The summed E-state index contributed by atoms with van der Waals surface area (Å²) in [6.07, 6.45) is 6.22. The molecule has 0 aliphatic carbocycles. The molecule has 0 saturated heterocycles. The zero-order valence-electron chi connectivity index (χ0n) is 11.7. The van der Waals surface area contributed by atoms with Gasteiger partial charge in [0.1, 0.15) is 12.6 Å². The molecule has 1 rings (SSSR count). The van der Waals surface area contributed by atoms with E-state index in [-0.39, 0.29) is 6.04 Å². The second-order valence-electron chi connectivity index (χ2n) is 5.73. The molecule has 4 nitrogen and oxygen atoms in total. The first-order valence-corrected chi connectivity index (χ1v) is 10.1. The summed E-state index contributed by atoms with van der Waals surface area (Å²) in [4.78, 5) is 4.28. The number of nitrogens with two attached hydrogens (primary N) is 1. The van der Waals surface area contributed by atoms with E-state index in [1.165, 1.54) is 6.04 Å². The molecule has 0 saturated carbocycles. The predicted molar refractivity (Wildman–Crippen MR) is 78.1 cm³/mol. The van der Waals surface area contributed by atoms with Crippen molar-refractivity contribution in [3.8, 4) is 0 Å². The Kier molecular flexibility index (Phi) is 5.78. The van der Waals surface area contributed by atoms with E-state index in [1.54, 1.807) is 6.20 Å². The Morgan fingerprint density at radius 3 is 2.89 bits per heavy atom. The molecule has 0 bridgehead atoms. The van der Waals surface area contributed by atoms with Crippen LogP contribution in [0.15, 0.2) is 25.0 Å². The SMILES string of the molecule is C=CCC(N)c1nccn1COCC[Si](C)(C)C. The maximum absolute atomic E-state index is 6.02. The second-order valence-corrected chi connectivity index (χ2v) is 11.4. The Labute approximate surface area is 111 Å². The largest absolute Gasteiger partial charge is 0.361 e. The van der Waals surface area contributed by atoms with Gasteiger partial charge in [-0.05, 0) is 12.5 Å². The molecule has 0 spiro atoms. The molecule has 18 heavy (non-hydrogen) atoms. The average Bonchev–Trinajstić information content (AvgIpc) is 2.71. The molecule has 0 radical (unpaired) electrons. The average molecular weight is 267 g/mol. The van der Waals surface area contributed by atoms with Crippen molar-refractivity contribution in [2.75, 3.05) is 6.61 Å². The lowest BCUT2D eigenvalue weighted by Crippen LogP contribution is -2.22. The number of rotatable bonds is 8. The van der Waals surface area contributed by atoms with Crippen LogP contribution in [0.4, 0.5) is 0 Å². The van der Waals surface area contributed by atoms with Crippen molar-refractivity contribution in [2.45, 2.75) is 44.9 Å². The van der Waals surface area contributed by atoms with Gasteiger partial charge in [-0.3, -0.25) is 0 Å². The summed E-state index contributed by atoms with van der Waals surface area (Å²) < 4.78 is 7.67. The fraction of sp³-hybridized carbons (Fsp3) is 0.615. The number of hydrogen-bond donors (Lipinski definition) is 1. The molecule has 1 aromatic heterocycles. The van der Waals surface area contributed by atoms with Crippen molar-refractivity contribution in [1.29, 1.82) is 0 Å². The topological polar surface area (TPSA) is 53.1 Å². The smallest absolute Gasteiger partial charge is 0.127 e. The highest BCUT2D eigenvalue weighted by Gasteiger charge is 2.13. The van der Waals surface area contributed by atoms with Gasteiger partial charge in [0.25, 0.3) is 0 Å². The fourth-order valence-corrected chi connectivity index (χ4v) is 2.34. The standard InChI is InChI=1S/C13H25N3OSi/c1-5-6-12(14)13-15-7-8-16(13)11-17-9-10-18(2,3)4/h5,7-8,12H,1,6,9-11,14H2,2-4H3. The van der Waals surface area contributed by atoms with E-state index in [9.17, 15) is 0 Å². The first kappa shape index (κ1) is 15.1. The van der Waals surface area contributed by atoms with Gasteiger partial charge in [0.05, 0.1) is 6.04 Å². The van der Waals surface area contributed by atoms with Crippen LogP contribution in [0.2, 0.25) is 25.7 Å². The molecule has 1 unspecified atom stereocenters. The third-order valence-electron chi connectivity index (χ3n) is 2.73. The lowest BCUT2D eigenvalue weighted by atomic mass is 10.2. The Hall–Kier alpha value is -0.913. The van der Waals surface area contributed by atoms with Crippen LogP contribution in [0, 0.1) is 0 Å². The number of ether oxygens (including phenoxy) is 1. The zero-order chi connectivity index (χ0) is 13.6. The fourth-order valence-electron chi connectivity index (χ4n) is 1.58. The molecule has 1 aromatic rings. The van der Waals surface area contributed by atoms with Crippen LogP contribution in [-0.2, 0) is 11.5 Å². The monoisotopic (exact) mass is 267 g/mol. The summed E-state index contributed by atoms with van der Waals surface area (Å²) in [7, 11) is -1.02. The Morgan fingerprint density at radius 1 is 1.56 bits per heavy atom. The van der Waals surface area contributed by atoms with Crippen LogP contribution in [-0.4, -0.2) is 24.2 Å². The minimum Gasteiger partial charge on any atom is -0.361 e. The van der Waals surface area contributed by atoms with Crippen molar-refractivity contribution in [3.63, 3.8) is 0 Å². The highest BCUT2D eigenvalue weighted by Crippen LogP contribution is 2.13. The lowest BCUT2D eigenvalue weighted by Gasteiger charge is -2.17. The predicted octanol–water partition coefficient (Wildman–Crippen LogP) is 2.77. The van der Waals surface area contributed by atoms with Gasteiger partial charge in [0, 0.05) is 27.1 Å². The van der Waals surface area contributed by atoms with Crippen LogP contribution in [0.1, 0.15) is 18.3 Å². The van der Waals surface area contributed by atoms with Crippen molar-refractivity contribution in [3.05, 3.63) is 30.9 Å². The van der Waals surface area contributed by atoms with Gasteiger partial charge in [-0.1, -0.05) is 25.7 Å². The number of nitrogens with zero attached hydrogens (tertiary/aromatic N) is 2. The summed E-state index contributed by atoms with van der Waals surface area (Å²) in [6.45, 7) is 12.1. The number of hydrogen-bond acceptors (Lipinski definition) is 3. The normalized spacial score (nSPS) is 13.6. The first-order chi connectivity index (χ1) is 8.44. The Balaban J connectivity index is 2.43. The van der Waals surface area contributed by atoms with E-state index in [0.717, 1.165) is 18.9 Å². The molecule has 2 N–H and O–H groups in total. The van der Waals surface area contributed by atoms with Gasteiger partial charge in [0.2, 0.25) is 0 Å². The number of aromatic nitrogens is 2. The zero-order valence-corrected chi connectivity index (χ0v) is 12.7. The highest BCUT2D eigenvalue weighted by atomic mass is 28.3. The maximum Gasteiger partial charge on any atom is 0.127 e. The van der Waals surface area contributed by atoms with Crippen LogP contribution in [0.5, 0.6) is 0 Å². The Morgan fingerprint density at radius 2 is 2.28 bits per heavy atom. The molecular formula is C13H25N3OSi. The van der Waals surface area contributed by atoms with E-state index < -0.39 is 8.07 Å². The molecule has 1 heterocycles. The first-order valence-electron chi connectivity index (χ1n) is 6.39. The number of imidazole rings is 1. The molecule has 0 amide bonds. The summed E-state index contributed by atoms with van der Waals surface area (Å²) in [5.74, 6) is 0.864. The van der Waals surface area contributed by atoms with Crippen molar-refractivity contribution < 1.29 is 4.74 Å². The summed E-state index contributed by atoms with van der Waals surface area (Å²) in [5, 5.41) is 0. The molecule has 0 fully saturated rings. The lowest BCUT2D eigenvalue weighted by molar-refractivity contribution is 0.0843. The van der Waals surface area contributed by atoms with Crippen LogP contribution >= 0.6 is 0 Å². The van der Waals surface area contributed by atoms with E-state index in [2.05, 4.69) is 31.2 Å². The molecule has 0 aromatic carbocycles. The maximum atomic E-state index is 6.02.